The largest absolute Gasteiger partial charge is 0.383 e. The lowest BCUT2D eigenvalue weighted by atomic mass is 9.96. The Bertz CT molecular complexity index is 960. The Hall–Kier alpha value is -3.20. The summed E-state index contributed by atoms with van der Waals surface area (Å²) in [6, 6.07) is 8.29. The summed E-state index contributed by atoms with van der Waals surface area (Å²) >= 11 is 0. The molecule has 2 aliphatic rings. The van der Waals surface area contributed by atoms with E-state index >= 15 is 0 Å². The summed E-state index contributed by atoms with van der Waals surface area (Å²) in [7, 11) is 3.33. The van der Waals surface area contributed by atoms with Crippen molar-refractivity contribution in [1.29, 1.82) is 0 Å². The van der Waals surface area contributed by atoms with Crippen molar-refractivity contribution >= 4 is 17.7 Å². The molecule has 3 heterocycles. The highest BCUT2D eigenvalue weighted by molar-refractivity contribution is 6.00. The van der Waals surface area contributed by atoms with E-state index in [-0.39, 0.29) is 24.3 Å². The van der Waals surface area contributed by atoms with E-state index < -0.39 is 12.1 Å². The van der Waals surface area contributed by atoms with Gasteiger partial charge in [0.15, 0.2) is 0 Å². The van der Waals surface area contributed by atoms with Crippen LogP contribution in [0.2, 0.25) is 0 Å². The molecule has 2 fully saturated rings. The highest BCUT2D eigenvalue weighted by Gasteiger charge is 2.48. The first kappa shape index (κ1) is 21.0. The van der Waals surface area contributed by atoms with Gasteiger partial charge in [0, 0.05) is 46.4 Å². The van der Waals surface area contributed by atoms with Crippen molar-refractivity contribution in [2.24, 2.45) is 7.05 Å². The Balaban J connectivity index is 1.63. The van der Waals surface area contributed by atoms with Gasteiger partial charge in [-0.1, -0.05) is 30.3 Å². The molecule has 0 spiro atoms. The first-order valence-electron chi connectivity index (χ1n) is 10.4. The van der Waals surface area contributed by atoms with Gasteiger partial charge in [-0.2, -0.15) is 5.10 Å². The number of nitrogens with zero attached hydrogens (tertiary/aromatic N) is 5. The van der Waals surface area contributed by atoms with E-state index in [0.717, 1.165) is 5.56 Å². The van der Waals surface area contributed by atoms with Crippen molar-refractivity contribution < 1.29 is 19.1 Å². The number of aryl methyl sites for hydroxylation is 1. The number of fused-ring (bicyclic) bond motifs is 1. The van der Waals surface area contributed by atoms with Crippen LogP contribution in [0.25, 0.3) is 0 Å². The van der Waals surface area contributed by atoms with E-state index in [9.17, 15) is 14.4 Å². The molecule has 0 N–H and O–H groups in total. The van der Waals surface area contributed by atoms with Gasteiger partial charge in [-0.25, -0.2) is 0 Å². The molecular formula is C22H27N5O4. The quantitative estimate of drug-likeness (QED) is 0.659. The monoisotopic (exact) mass is 425 g/mol. The molecule has 9 heteroatoms. The van der Waals surface area contributed by atoms with Crippen LogP contribution in [0.3, 0.4) is 0 Å². The number of carbonyl (C=O) groups excluding carboxylic acids is 3. The third-order valence-electron chi connectivity index (χ3n) is 5.95. The highest BCUT2D eigenvalue weighted by Crippen LogP contribution is 2.25. The van der Waals surface area contributed by atoms with E-state index in [4.69, 9.17) is 4.74 Å². The first-order valence-corrected chi connectivity index (χ1v) is 10.4. The smallest absolute Gasteiger partial charge is 0.257 e. The summed E-state index contributed by atoms with van der Waals surface area (Å²) in [5, 5.41) is 4.09. The number of piperazine rings is 2. The number of rotatable bonds is 6. The molecule has 31 heavy (non-hydrogen) atoms. The van der Waals surface area contributed by atoms with Crippen LogP contribution in [0.4, 0.5) is 0 Å². The predicted molar refractivity (Wildman–Crippen MR) is 112 cm³/mol. The molecule has 1 aromatic heterocycles. The summed E-state index contributed by atoms with van der Waals surface area (Å²) in [6.07, 6.45) is 3.52. The van der Waals surface area contributed by atoms with E-state index in [0.29, 0.717) is 38.2 Å². The average Bonchev–Trinajstić information content (AvgIpc) is 3.22. The molecule has 9 nitrogen and oxygen atoms in total. The van der Waals surface area contributed by atoms with Gasteiger partial charge in [0.2, 0.25) is 11.8 Å². The minimum Gasteiger partial charge on any atom is -0.383 e. The molecular weight excluding hydrogens is 398 g/mol. The summed E-state index contributed by atoms with van der Waals surface area (Å²) in [4.78, 5) is 44.9. The fourth-order valence-electron chi connectivity index (χ4n) is 4.30. The lowest BCUT2D eigenvalue weighted by molar-refractivity contribution is -0.160. The zero-order chi connectivity index (χ0) is 22.0. The molecule has 2 saturated heterocycles. The Kier molecular flexibility index (Phi) is 6.03. The van der Waals surface area contributed by atoms with Crippen LogP contribution >= 0.6 is 0 Å². The van der Waals surface area contributed by atoms with Crippen LogP contribution < -0.4 is 0 Å². The molecule has 0 unspecified atom stereocenters. The summed E-state index contributed by atoms with van der Waals surface area (Å²) < 4.78 is 6.66. The van der Waals surface area contributed by atoms with Gasteiger partial charge in [-0.15, -0.1) is 0 Å². The van der Waals surface area contributed by atoms with Crippen LogP contribution in [0, 0.1) is 0 Å². The minimum absolute atomic E-state index is 0.140. The van der Waals surface area contributed by atoms with Crippen LogP contribution in [0.1, 0.15) is 15.9 Å². The van der Waals surface area contributed by atoms with Crippen LogP contribution in [-0.2, 0) is 27.8 Å². The van der Waals surface area contributed by atoms with Gasteiger partial charge in [0.25, 0.3) is 5.91 Å². The maximum absolute atomic E-state index is 13.5. The van der Waals surface area contributed by atoms with Gasteiger partial charge >= 0.3 is 0 Å². The van der Waals surface area contributed by atoms with Crippen molar-refractivity contribution in [2.75, 3.05) is 39.9 Å². The second kappa shape index (κ2) is 8.89. The molecule has 4 rings (SSSR count). The van der Waals surface area contributed by atoms with Crippen molar-refractivity contribution in [2.45, 2.75) is 18.5 Å². The molecule has 1 aromatic carbocycles. The topological polar surface area (TPSA) is 88.0 Å². The maximum atomic E-state index is 13.5. The van der Waals surface area contributed by atoms with Gasteiger partial charge in [-0.05, 0) is 5.56 Å². The summed E-state index contributed by atoms with van der Waals surface area (Å²) in [5.41, 5.74) is 1.37. The van der Waals surface area contributed by atoms with Gasteiger partial charge in [0.05, 0.1) is 24.9 Å². The van der Waals surface area contributed by atoms with Crippen molar-refractivity contribution in [3.8, 4) is 0 Å². The SMILES string of the molecule is COCCN1CCN2C(=O)[C@H](Cc3ccccc3)N(C(=O)c3cnn(C)c3)C[C@H]2C1=O. The molecule has 0 bridgehead atoms. The zero-order valence-corrected chi connectivity index (χ0v) is 17.8. The Morgan fingerprint density at radius 1 is 1.16 bits per heavy atom. The van der Waals surface area contributed by atoms with Crippen LogP contribution in [0.15, 0.2) is 42.7 Å². The fraction of sp³-hybridized carbons (Fsp3) is 0.455. The lowest BCUT2D eigenvalue weighted by Crippen LogP contribution is -2.70. The second-order valence-corrected chi connectivity index (χ2v) is 7.93. The van der Waals surface area contributed by atoms with Crippen LogP contribution in [0.5, 0.6) is 0 Å². The molecule has 2 aliphatic heterocycles. The molecule has 164 valence electrons. The molecule has 2 atom stereocenters. The van der Waals surface area contributed by atoms with Gasteiger partial charge < -0.3 is 19.4 Å². The van der Waals surface area contributed by atoms with Gasteiger partial charge in [-0.3, -0.25) is 19.1 Å². The molecule has 3 amide bonds. The fourth-order valence-corrected chi connectivity index (χ4v) is 4.30. The summed E-state index contributed by atoms with van der Waals surface area (Å²) in [6.45, 7) is 2.00. The van der Waals surface area contributed by atoms with E-state index in [1.165, 1.54) is 6.20 Å². The number of amides is 3. The Morgan fingerprint density at radius 2 is 1.94 bits per heavy atom. The van der Waals surface area contributed by atoms with Crippen molar-refractivity contribution in [3.05, 3.63) is 53.9 Å². The summed E-state index contributed by atoms with van der Waals surface area (Å²) in [5.74, 6) is -0.611. The van der Waals surface area contributed by atoms with Crippen LogP contribution in [-0.4, -0.2) is 94.2 Å². The van der Waals surface area contributed by atoms with E-state index in [1.807, 2.05) is 30.3 Å². The van der Waals surface area contributed by atoms with E-state index in [2.05, 4.69) is 5.10 Å². The number of benzene rings is 1. The molecule has 0 radical (unpaired) electrons. The Labute approximate surface area is 181 Å². The lowest BCUT2D eigenvalue weighted by Gasteiger charge is -2.49. The number of aromatic nitrogens is 2. The first-order chi connectivity index (χ1) is 15.0. The Morgan fingerprint density at radius 3 is 2.61 bits per heavy atom. The number of hydrogen-bond donors (Lipinski definition) is 0. The standard InChI is InChI=1S/C22H27N5O4/c1-24-14-17(13-23-24)20(28)27-15-19-21(29)25(10-11-31-2)8-9-26(19)22(30)18(27)12-16-6-4-3-5-7-16/h3-7,13-14,18-19H,8-12,15H2,1-2H3/t18-,19-/m0/s1. The van der Waals surface area contributed by atoms with Crippen molar-refractivity contribution in [3.63, 3.8) is 0 Å². The molecule has 0 aliphatic carbocycles. The second-order valence-electron chi connectivity index (χ2n) is 7.93. The zero-order valence-electron chi connectivity index (χ0n) is 17.8. The number of carbonyl (C=O) groups is 3. The normalized spacial score (nSPS) is 21.4. The number of ether oxygens (including phenoxy) is 1. The number of methoxy groups -OCH3 is 1. The third-order valence-corrected chi connectivity index (χ3v) is 5.95. The maximum Gasteiger partial charge on any atom is 0.257 e. The average molecular weight is 425 g/mol. The van der Waals surface area contributed by atoms with Gasteiger partial charge in [0.1, 0.15) is 12.1 Å². The minimum atomic E-state index is -0.675. The number of hydrogen-bond acceptors (Lipinski definition) is 5. The van der Waals surface area contributed by atoms with E-state index in [1.54, 1.807) is 39.7 Å². The third kappa shape index (κ3) is 4.18. The predicted octanol–water partition coefficient (Wildman–Crippen LogP) is 0.173. The highest BCUT2D eigenvalue weighted by atomic mass is 16.5. The molecule has 2 aromatic rings. The molecule has 0 saturated carbocycles. The van der Waals surface area contributed by atoms with Crippen molar-refractivity contribution in [1.82, 2.24) is 24.5 Å².